The number of aromatic nitrogens is 1. The van der Waals surface area contributed by atoms with Crippen molar-refractivity contribution in [3.8, 4) is 17.2 Å². The molecule has 0 amide bonds. The Morgan fingerprint density at radius 1 is 1.06 bits per heavy atom. The molecule has 0 saturated heterocycles. The predicted octanol–water partition coefficient (Wildman–Crippen LogP) is 4.82. The van der Waals surface area contributed by atoms with E-state index in [4.69, 9.17) is 4.74 Å². The number of nitrogens with one attached hydrogen (secondary N) is 1. The van der Waals surface area contributed by atoms with Crippen molar-refractivity contribution >= 4 is 22.6 Å². The third-order valence-corrected chi connectivity index (χ3v) is 5.25. The van der Waals surface area contributed by atoms with Gasteiger partial charge in [0.2, 0.25) is 5.43 Å². The average Bonchev–Trinajstić information content (AvgIpc) is 2.95. The number of hydrogen-bond acceptors (Lipinski definition) is 4. The number of fused-ring (bicyclic) bond motifs is 4. The molecule has 0 fully saturated rings. The zero-order valence-electron chi connectivity index (χ0n) is 16.2. The molecule has 160 valence electrons. The minimum atomic E-state index is -1.57. The van der Waals surface area contributed by atoms with Gasteiger partial charge in [-0.2, -0.15) is 0 Å². The fourth-order valence-corrected chi connectivity index (χ4v) is 3.75. The monoisotopic (exact) mass is 438 g/mol. The number of ether oxygens (including phenoxy) is 1. The molecule has 0 unspecified atom stereocenters. The Morgan fingerprint density at radius 2 is 1.84 bits per heavy atom. The van der Waals surface area contributed by atoms with Crippen molar-refractivity contribution < 1.29 is 27.8 Å². The van der Waals surface area contributed by atoms with E-state index in [1.165, 1.54) is 0 Å². The van der Waals surface area contributed by atoms with Crippen molar-refractivity contribution in [3.63, 3.8) is 0 Å². The minimum absolute atomic E-state index is 0.00507. The van der Waals surface area contributed by atoms with Crippen LogP contribution in [0.25, 0.3) is 16.6 Å². The number of benzene rings is 3. The van der Waals surface area contributed by atoms with Crippen LogP contribution in [-0.4, -0.2) is 15.6 Å². The van der Waals surface area contributed by atoms with Crippen molar-refractivity contribution in [2.45, 2.75) is 6.54 Å². The number of aromatic carboxylic acids is 1. The second-order valence-corrected chi connectivity index (χ2v) is 7.16. The number of carboxylic acid groups (broad SMARTS) is 1. The summed E-state index contributed by atoms with van der Waals surface area (Å²) in [7, 11) is 0. The van der Waals surface area contributed by atoms with Gasteiger partial charge in [-0.25, -0.2) is 18.0 Å². The lowest BCUT2D eigenvalue weighted by Gasteiger charge is -2.18. The summed E-state index contributed by atoms with van der Waals surface area (Å²) in [6.07, 6.45) is 0.926. The lowest BCUT2D eigenvalue weighted by atomic mass is 10.0. The molecule has 0 spiro atoms. The van der Waals surface area contributed by atoms with E-state index in [-0.39, 0.29) is 34.4 Å². The fraction of sp³-hybridized carbons (Fsp3) is 0.0435. The van der Waals surface area contributed by atoms with Crippen LogP contribution in [0.15, 0.2) is 59.5 Å². The van der Waals surface area contributed by atoms with Crippen LogP contribution in [0.2, 0.25) is 0 Å². The second-order valence-electron chi connectivity index (χ2n) is 7.16. The topological polar surface area (TPSA) is 80.6 Å². The molecular weight excluding hydrogens is 425 g/mol. The van der Waals surface area contributed by atoms with Crippen molar-refractivity contribution in [2.24, 2.45) is 0 Å². The van der Waals surface area contributed by atoms with Gasteiger partial charge in [0.15, 0.2) is 11.5 Å². The molecule has 0 aliphatic carbocycles. The van der Waals surface area contributed by atoms with E-state index in [2.05, 4.69) is 5.32 Å². The lowest BCUT2D eigenvalue weighted by molar-refractivity contribution is 0.0695. The Kier molecular flexibility index (Phi) is 4.40. The Hall–Kier alpha value is -4.27. The van der Waals surface area contributed by atoms with Gasteiger partial charge in [-0.3, -0.25) is 4.79 Å². The van der Waals surface area contributed by atoms with E-state index in [0.717, 1.165) is 29.0 Å². The maximum Gasteiger partial charge on any atom is 0.341 e. The first-order chi connectivity index (χ1) is 15.3. The summed E-state index contributed by atoms with van der Waals surface area (Å²) in [4.78, 5) is 24.6. The number of pyridine rings is 1. The number of hydrogen-bond donors (Lipinski definition) is 2. The summed E-state index contributed by atoms with van der Waals surface area (Å²) in [6, 6.07) is 10.4. The molecule has 2 heterocycles. The van der Waals surface area contributed by atoms with Crippen LogP contribution in [0.3, 0.4) is 0 Å². The number of para-hydroxylation sites is 2. The van der Waals surface area contributed by atoms with Crippen LogP contribution >= 0.6 is 0 Å². The molecule has 2 N–H and O–H groups in total. The smallest absolute Gasteiger partial charge is 0.341 e. The van der Waals surface area contributed by atoms with E-state index in [9.17, 15) is 23.5 Å². The molecule has 1 aliphatic rings. The number of carboxylic acids is 1. The summed E-state index contributed by atoms with van der Waals surface area (Å²) < 4.78 is 50.3. The Bertz CT molecular complexity index is 1500. The van der Waals surface area contributed by atoms with Gasteiger partial charge in [0.1, 0.15) is 28.5 Å². The minimum Gasteiger partial charge on any atom is -0.477 e. The molecule has 0 bridgehead atoms. The Balaban J connectivity index is 1.94. The predicted molar refractivity (Wildman–Crippen MR) is 110 cm³/mol. The van der Waals surface area contributed by atoms with Gasteiger partial charge >= 0.3 is 5.97 Å². The highest BCUT2D eigenvalue weighted by molar-refractivity contribution is 5.96. The van der Waals surface area contributed by atoms with Crippen LogP contribution in [-0.2, 0) is 6.54 Å². The van der Waals surface area contributed by atoms with Crippen LogP contribution < -0.4 is 15.5 Å². The molecule has 9 heteroatoms. The van der Waals surface area contributed by atoms with E-state index < -0.39 is 34.4 Å². The first kappa shape index (κ1) is 19.7. The SMILES string of the molecule is O=C(O)c1cn(-c2ccc(F)cc2F)c2c3c(c(F)cc2c1=O)CNc1ccccc1O3. The molecule has 6 nitrogen and oxygen atoms in total. The van der Waals surface area contributed by atoms with Gasteiger partial charge in [-0.05, 0) is 30.3 Å². The molecule has 1 aliphatic heterocycles. The Labute approximate surface area is 178 Å². The summed E-state index contributed by atoms with van der Waals surface area (Å²) in [5, 5.41) is 12.2. The standard InChI is InChI=1S/C23H13F3N2O4/c24-11-5-6-18(16(26)7-11)28-10-14(23(30)31)21(29)12-8-15(25)13-9-27-17-3-1-2-4-19(17)32-22(13)20(12)28/h1-8,10,27H,9H2,(H,30,31). The van der Waals surface area contributed by atoms with E-state index in [1.54, 1.807) is 24.3 Å². The summed E-state index contributed by atoms with van der Waals surface area (Å²) in [6.45, 7) is -0.00507. The maximum absolute atomic E-state index is 15.0. The average molecular weight is 438 g/mol. The van der Waals surface area contributed by atoms with Crippen molar-refractivity contribution in [3.05, 3.63) is 93.5 Å². The number of nitrogens with zero attached hydrogens (tertiary/aromatic N) is 1. The molecule has 4 aromatic rings. The molecule has 5 rings (SSSR count). The molecule has 1 aromatic heterocycles. The third kappa shape index (κ3) is 2.97. The largest absolute Gasteiger partial charge is 0.477 e. The number of rotatable bonds is 2. The lowest BCUT2D eigenvalue weighted by Crippen LogP contribution is -2.20. The second kappa shape index (κ2) is 7.16. The highest BCUT2D eigenvalue weighted by Gasteiger charge is 2.26. The van der Waals surface area contributed by atoms with Gasteiger partial charge in [0.05, 0.1) is 22.3 Å². The van der Waals surface area contributed by atoms with Gasteiger partial charge in [0.25, 0.3) is 0 Å². The van der Waals surface area contributed by atoms with Crippen molar-refractivity contribution in [1.82, 2.24) is 4.57 Å². The first-order valence-corrected chi connectivity index (χ1v) is 9.45. The van der Waals surface area contributed by atoms with Crippen LogP contribution in [0.5, 0.6) is 11.5 Å². The quantitative estimate of drug-likeness (QED) is 0.469. The third-order valence-electron chi connectivity index (χ3n) is 5.25. The normalized spacial score (nSPS) is 12.3. The summed E-state index contributed by atoms with van der Waals surface area (Å²) in [5.74, 6) is -3.95. The maximum atomic E-state index is 15.0. The zero-order valence-corrected chi connectivity index (χ0v) is 16.2. The number of carbonyl (C=O) groups is 1. The van der Waals surface area contributed by atoms with Gasteiger partial charge in [-0.1, -0.05) is 12.1 Å². The highest BCUT2D eigenvalue weighted by Crippen LogP contribution is 2.41. The van der Waals surface area contributed by atoms with Crippen molar-refractivity contribution in [2.75, 3.05) is 5.32 Å². The number of anilines is 1. The van der Waals surface area contributed by atoms with Gasteiger partial charge < -0.3 is 19.7 Å². The van der Waals surface area contributed by atoms with Crippen LogP contribution in [0.1, 0.15) is 15.9 Å². The summed E-state index contributed by atoms with van der Waals surface area (Å²) >= 11 is 0. The molecule has 32 heavy (non-hydrogen) atoms. The Morgan fingerprint density at radius 3 is 2.59 bits per heavy atom. The molecule has 0 radical (unpaired) electrons. The van der Waals surface area contributed by atoms with Gasteiger partial charge in [0, 0.05) is 18.8 Å². The molecule has 0 atom stereocenters. The highest BCUT2D eigenvalue weighted by atomic mass is 19.1. The van der Waals surface area contributed by atoms with Crippen LogP contribution in [0, 0.1) is 17.5 Å². The van der Waals surface area contributed by atoms with E-state index >= 15 is 4.39 Å². The molecule has 0 saturated carbocycles. The number of halogens is 3. The summed E-state index contributed by atoms with van der Waals surface area (Å²) in [5.41, 5.74) is -1.30. The fourth-order valence-electron chi connectivity index (χ4n) is 3.75. The zero-order chi connectivity index (χ0) is 22.6. The van der Waals surface area contributed by atoms with E-state index in [0.29, 0.717) is 17.5 Å². The van der Waals surface area contributed by atoms with E-state index in [1.807, 2.05) is 0 Å². The van der Waals surface area contributed by atoms with Crippen molar-refractivity contribution in [1.29, 1.82) is 0 Å². The van der Waals surface area contributed by atoms with Crippen LogP contribution in [0.4, 0.5) is 18.9 Å². The van der Waals surface area contributed by atoms with Gasteiger partial charge in [-0.15, -0.1) is 0 Å². The first-order valence-electron chi connectivity index (χ1n) is 9.45. The molecule has 3 aromatic carbocycles. The molecular formula is C23H13F3N2O4.